The fourth-order valence-electron chi connectivity index (χ4n) is 2.93. The van der Waals surface area contributed by atoms with Crippen LogP contribution in [0.2, 0.25) is 0 Å². The molecule has 1 saturated heterocycles. The number of benzene rings is 1. The second kappa shape index (κ2) is 10.7. The van der Waals surface area contributed by atoms with Crippen LogP contribution in [0.15, 0.2) is 24.3 Å². The van der Waals surface area contributed by atoms with Gasteiger partial charge in [-0.25, -0.2) is 4.79 Å². The minimum atomic E-state index is -0.266. The van der Waals surface area contributed by atoms with Crippen molar-refractivity contribution >= 4 is 12.0 Å². The smallest absolute Gasteiger partial charge is 0.409 e. The normalized spacial score (nSPS) is 14.8. The number of carbonyl (C=O) groups excluding carboxylic acids is 2. The summed E-state index contributed by atoms with van der Waals surface area (Å²) >= 11 is 0. The monoisotopic (exact) mass is 363 g/mol. The number of methoxy groups -OCH3 is 1. The van der Waals surface area contributed by atoms with Gasteiger partial charge in [-0.1, -0.05) is 12.1 Å². The van der Waals surface area contributed by atoms with Gasteiger partial charge < -0.3 is 25.0 Å². The molecule has 1 aromatic carbocycles. The Balaban J connectivity index is 1.58. The maximum Gasteiger partial charge on any atom is 0.409 e. The van der Waals surface area contributed by atoms with Crippen molar-refractivity contribution in [2.45, 2.75) is 32.2 Å². The van der Waals surface area contributed by atoms with E-state index in [1.54, 1.807) is 18.9 Å². The first-order valence-corrected chi connectivity index (χ1v) is 9.17. The first kappa shape index (κ1) is 20.0. The van der Waals surface area contributed by atoms with E-state index in [-0.39, 0.29) is 18.0 Å². The Kier molecular flexibility index (Phi) is 8.21. The summed E-state index contributed by atoms with van der Waals surface area (Å²) in [7, 11) is 1.65. The maximum atomic E-state index is 12.0. The summed E-state index contributed by atoms with van der Waals surface area (Å²) in [6, 6.07) is 8.04. The van der Waals surface area contributed by atoms with E-state index in [2.05, 4.69) is 10.6 Å². The molecule has 26 heavy (non-hydrogen) atoms. The summed E-state index contributed by atoms with van der Waals surface area (Å²) < 4.78 is 10.1. The van der Waals surface area contributed by atoms with Gasteiger partial charge in [0.25, 0.3) is 0 Å². The lowest BCUT2D eigenvalue weighted by Gasteiger charge is -2.31. The molecule has 2 rings (SSSR count). The molecule has 0 radical (unpaired) electrons. The second-order valence-corrected chi connectivity index (χ2v) is 6.30. The summed E-state index contributed by atoms with van der Waals surface area (Å²) in [5, 5.41) is 6.20. The second-order valence-electron chi connectivity index (χ2n) is 6.30. The Morgan fingerprint density at radius 1 is 1.19 bits per heavy atom. The highest BCUT2D eigenvalue weighted by Crippen LogP contribution is 2.12. The fourth-order valence-corrected chi connectivity index (χ4v) is 2.93. The van der Waals surface area contributed by atoms with Gasteiger partial charge in [0.2, 0.25) is 5.91 Å². The van der Waals surface area contributed by atoms with Crippen LogP contribution in [0.5, 0.6) is 5.75 Å². The average molecular weight is 363 g/mol. The van der Waals surface area contributed by atoms with Gasteiger partial charge in [0, 0.05) is 19.1 Å². The molecular weight excluding hydrogens is 334 g/mol. The third kappa shape index (κ3) is 6.55. The van der Waals surface area contributed by atoms with Gasteiger partial charge in [0.05, 0.1) is 20.3 Å². The summed E-state index contributed by atoms with van der Waals surface area (Å²) in [4.78, 5) is 25.4. The molecule has 0 spiro atoms. The zero-order chi connectivity index (χ0) is 18.8. The van der Waals surface area contributed by atoms with Crippen molar-refractivity contribution in [2.75, 3.05) is 39.9 Å². The highest BCUT2D eigenvalue weighted by atomic mass is 16.6. The average Bonchev–Trinajstić information content (AvgIpc) is 2.66. The molecule has 0 unspecified atom stereocenters. The Morgan fingerprint density at radius 2 is 1.88 bits per heavy atom. The topological polar surface area (TPSA) is 79.9 Å². The molecule has 0 atom stereocenters. The molecule has 0 bridgehead atoms. The van der Waals surface area contributed by atoms with E-state index in [1.165, 1.54) is 5.56 Å². The van der Waals surface area contributed by atoms with Gasteiger partial charge in [0.15, 0.2) is 0 Å². The molecule has 144 valence electrons. The lowest BCUT2D eigenvalue weighted by Crippen LogP contribution is -2.48. The van der Waals surface area contributed by atoms with Crippen molar-refractivity contribution in [2.24, 2.45) is 0 Å². The van der Waals surface area contributed by atoms with Gasteiger partial charge in [0.1, 0.15) is 5.75 Å². The lowest BCUT2D eigenvalue weighted by molar-refractivity contribution is -0.121. The van der Waals surface area contributed by atoms with Crippen molar-refractivity contribution in [1.82, 2.24) is 15.5 Å². The third-order valence-corrected chi connectivity index (χ3v) is 4.42. The molecule has 7 nitrogen and oxygen atoms in total. The van der Waals surface area contributed by atoms with Crippen LogP contribution >= 0.6 is 0 Å². The van der Waals surface area contributed by atoms with Crippen LogP contribution in [-0.4, -0.2) is 62.8 Å². The van der Waals surface area contributed by atoms with Gasteiger partial charge in [-0.05, 0) is 50.4 Å². The van der Waals surface area contributed by atoms with Crippen molar-refractivity contribution in [1.29, 1.82) is 0 Å². The van der Waals surface area contributed by atoms with Crippen molar-refractivity contribution in [3.05, 3.63) is 29.8 Å². The van der Waals surface area contributed by atoms with Crippen LogP contribution in [0, 0.1) is 0 Å². The Labute approximate surface area is 155 Å². The Bertz CT molecular complexity index is 569. The van der Waals surface area contributed by atoms with Crippen LogP contribution in [0.1, 0.15) is 25.3 Å². The summed E-state index contributed by atoms with van der Waals surface area (Å²) in [6.07, 6.45) is 2.11. The van der Waals surface area contributed by atoms with Gasteiger partial charge in [-0.15, -0.1) is 0 Å². The van der Waals surface area contributed by atoms with Crippen LogP contribution in [-0.2, 0) is 16.0 Å². The standard InChI is InChI=1S/C19H29N3O4/c1-3-26-19(24)22-12-9-16(10-13-22)21-18(23)14-20-11-8-15-4-6-17(25-2)7-5-15/h4-7,16,20H,3,8-14H2,1-2H3,(H,21,23). The summed E-state index contributed by atoms with van der Waals surface area (Å²) in [5.74, 6) is 0.837. The number of likely N-dealkylation sites (tertiary alicyclic amines) is 1. The van der Waals surface area contributed by atoms with E-state index in [0.717, 1.165) is 31.6 Å². The largest absolute Gasteiger partial charge is 0.497 e. The fraction of sp³-hybridized carbons (Fsp3) is 0.579. The van der Waals surface area contributed by atoms with Crippen molar-refractivity contribution < 1.29 is 19.1 Å². The first-order valence-electron chi connectivity index (χ1n) is 9.17. The molecular formula is C19H29N3O4. The van der Waals surface area contributed by atoms with Gasteiger partial charge >= 0.3 is 6.09 Å². The minimum Gasteiger partial charge on any atom is -0.497 e. The molecule has 1 aromatic rings. The number of nitrogens with one attached hydrogen (secondary N) is 2. The number of nitrogens with zero attached hydrogens (tertiary/aromatic N) is 1. The molecule has 0 aliphatic carbocycles. The number of rotatable bonds is 8. The number of amides is 2. The van der Waals surface area contributed by atoms with E-state index in [9.17, 15) is 9.59 Å². The highest BCUT2D eigenvalue weighted by Gasteiger charge is 2.24. The number of ether oxygens (including phenoxy) is 2. The molecule has 2 N–H and O–H groups in total. The lowest BCUT2D eigenvalue weighted by atomic mass is 10.1. The molecule has 1 aliphatic heterocycles. The number of piperidine rings is 1. The molecule has 0 saturated carbocycles. The predicted octanol–water partition coefficient (Wildman–Crippen LogP) is 1.56. The van der Waals surface area contributed by atoms with Gasteiger partial charge in [-0.2, -0.15) is 0 Å². The first-order chi connectivity index (χ1) is 12.6. The minimum absolute atomic E-state index is 0.00526. The zero-order valence-electron chi connectivity index (χ0n) is 15.6. The summed E-state index contributed by atoms with van der Waals surface area (Å²) in [5.41, 5.74) is 1.20. The van der Waals surface area contributed by atoms with Crippen molar-refractivity contribution in [3.8, 4) is 5.75 Å². The maximum absolute atomic E-state index is 12.0. The van der Waals surface area contributed by atoms with E-state index < -0.39 is 0 Å². The Morgan fingerprint density at radius 3 is 2.50 bits per heavy atom. The van der Waals surface area contributed by atoms with E-state index in [0.29, 0.717) is 26.2 Å². The van der Waals surface area contributed by atoms with E-state index in [1.807, 2.05) is 24.3 Å². The quantitative estimate of drug-likeness (QED) is 0.685. The van der Waals surface area contributed by atoms with Gasteiger partial charge in [-0.3, -0.25) is 4.79 Å². The van der Waals surface area contributed by atoms with E-state index in [4.69, 9.17) is 9.47 Å². The van der Waals surface area contributed by atoms with Crippen LogP contribution < -0.4 is 15.4 Å². The molecule has 7 heteroatoms. The van der Waals surface area contributed by atoms with Crippen LogP contribution in [0.4, 0.5) is 4.79 Å². The van der Waals surface area contributed by atoms with Crippen molar-refractivity contribution in [3.63, 3.8) is 0 Å². The number of carbonyl (C=O) groups is 2. The number of hydrogen-bond donors (Lipinski definition) is 2. The molecule has 2 amide bonds. The SMILES string of the molecule is CCOC(=O)N1CCC(NC(=O)CNCCc2ccc(OC)cc2)CC1. The molecule has 0 aromatic heterocycles. The number of hydrogen-bond acceptors (Lipinski definition) is 5. The molecule has 1 heterocycles. The third-order valence-electron chi connectivity index (χ3n) is 4.42. The predicted molar refractivity (Wildman–Crippen MR) is 99.3 cm³/mol. The van der Waals surface area contributed by atoms with Crippen LogP contribution in [0.3, 0.4) is 0 Å². The van der Waals surface area contributed by atoms with E-state index >= 15 is 0 Å². The summed E-state index contributed by atoms with van der Waals surface area (Å²) in [6.45, 7) is 4.46. The van der Waals surface area contributed by atoms with Crippen LogP contribution in [0.25, 0.3) is 0 Å². The molecule has 1 fully saturated rings. The molecule has 1 aliphatic rings. The zero-order valence-corrected chi connectivity index (χ0v) is 15.6. The Hall–Kier alpha value is -2.28. The highest BCUT2D eigenvalue weighted by molar-refractivity contribution is 5.78.